The van der Waals surface area contributed by atoms with E-state index >= 15 is 0 Å². The molecule has 5 heteroatoms. The van der Waals surface area contributed by atoms with Gasteiger partial charge in [-0.25, -0.2) is 4.98 Å². The van der Waals surface area contributed by atoms with Crippen LogP contribution in [0.5, 0.6) is 0 Å². The number of H-pyrrole nitrogens is 1. The normalized spacial score (nSPS) is 10.5. The van der Waals surface area contributed by atoms with Crippen LogP contribution >= 0.6 is 0 Å². The Balaban J connectivity index is 2.49. The summed E-state index contributed by atoms with van der Waals surface area (Å²) in [5.74, 6) is -1.06. The van der Waals surface area contributed by atoms with Crippen LogP contribution in [0.25, 0.3) is 6.08 Å². The van der Waals surface area contributed by atoms with E-state index in [0.29, 0.717) is 5.82 Å². The monoisotopic (exact) mass is 180 g/mol. The van der Waals surface area contributed by atoms with Crippen molar-refractivity contribution in [2.75, 3.05) is 0 Å². The Morgan fingerprint density at radius 2 is 2.38 bits per heavy atom. The molecule has 0 atom stereocenters. The average Bonchev–Trinajstić information content (AvgIpc) is 2.51. The number of ketones is 1. The number of rotatable bonds is 4. The molecule has 1 heterocycles. The average molecular weight is 180 g/mol. The summed E-state index contributed by atoms with van der Waals surface area (Å²) < 4.78 is 0. The lowest BCUT2D eigenvalue weighted by atomic mass is 10.2. The summed E-state index contributed by atoms with van der Waals surface area (Å²) in [7, 11) is 0. The van der Waals surface area contributed by atoms with E-state index in [4.69, 9.17) is 5.11 Å². The van der Waals surface area contributed by atoms with E-state index in [9.17, 15) is 9.59 Å². The molecular formula is C8H8N2O3. The molecule has 2 N–H and O–H groups in total. The van der Waals surface area contributed by atoms with Gasteiger partial charge in [-0.2, -0.15) is 0 Å². The Morgan fingerprint density at radius 3 is 2.92 bits per heavy atom. The highest BCUT2D eigenvalue weighted by atomic mass is 16.4. The van der Waals surface area contributed by atoms with E-state index in [0.717, 1.165) is 0 Å². The van der Waals surface area contributed by atoms with Gasteiger partial charge in [0.25, 0.3) is 0 Å². The number of allylic oxidation sites excluding steroid dienone is 1. The molecule has 0 aromatic carbocycles. The summed E-state index contributed by atoms with van der Waals surface area (Å²) in [6.45, 7) is 0. The van der Waals surface area contributed by atoms with Crippen LogP contribution in [-0.4, -0.2) is 26.8 Å². The highest BCUT2D eigenvalue weighted by Crippen LogP contribution is 1.94. The van der Waals surface area contributed by atoms with E-state index in [1.807, 2.05) is 0 Å². The van der Waals surface area contributed by atoms with Gasteiger partial charge in [-0.15, -0.1) is 0 Å². The highest BCUT2D eigenvalue weighted by Gasteiger charge is 2.02. The number of carbonyl (C=O) groups excluding carboxylic acids is 1. The number of carboxylic acid groups (broad SMARTS) is 1. The van der Waals surface area contributed by atoms with Gasteiger partial charge in [0.1, 0.15) is 12.2 Å². The maximum Gasteiger partial charge on any atom is 0.311 e. The quantitative estimate of drug-likeness (QED) is 0.521. The first kappa shape index (κ1) is 9.18. The van der Waals surface area contributed by atoms with Crippen molar-refractivity contribution in [1.82, 2.24) is 9.97 Å². The van der Waals surface area contributed by atoms with Crippen molar-refractivity contribution >= 4 is 17.8 Å². The molecule has 0 aliphatic carbocycles. The van der Waals surface area contributed by atoms with E-state index in [-0.39, 0.29) is 0 Å². The Hall–Kier alpha value is -1.91. The zero-order valence-electron chi connectivity index (χ0n) is 6.73. The lowest BCUT2D eigenvalue weighted by Gasteiger charge is -1.86. The predicted octanol–water partition coefficient (Wildman–Crippen LogP) is 0.467. The third-order valence-corrected chi connectivity index (χ3v) is 1.27. The Bertz CT molecular complexity index is 327. The molecule has 0 saturated carbocycles. The molecule has 5 nitrogen and oxygen atoms in total. The molecule has 13 heavy (non-hydrogen) atoms. The van der Waals surface area contributed by atoms with Crippen molar-refractivity contribution in [3.8, 4) is 0 Å². The number of aromatic nitrogens is 2. The van der Waals surface area contributed by atoms with Crippen molar-refractivity contribution in [3.05, 3.63) is 24.3 Å². The molecule has 1 rings (SSSR count). The van der Waals surface area contributed by atoms with Crippen LogP contribution in [0.3, 0.4) is 0 Å². The van der Waals surface area contributed by atoms with E-state index < -0.39 is 18.2 Å². The SMILES string of the molecule is O=C(O)CC(=O)/C=C/c1ncc[nH]1. The summed E-state index contributed by atoms with van der Waals surface area (Å²) in [5, 5.41) is 8.26. The van der Waals surface area contributed by atoms with Gasteiger partial charge in [-0.1, -0.05) is 0 Å². The number of aliphatic carboxylic acids is 1. The minimum atomic E-state index is -1.13. The topological polar surface area (TPSA) is 83.0 Å². The van der Waals surface area contributed by atoms with Crippen LogP contribution < -0.4 is 0 Å². The second-order valence-electron chi connectivity index (χ2n) is 2.34. The van der Waals surface area contributed by atoms with Gasteiger partial charge < -0.3 is 10.1 Å². The molecule has 0 bridgehead atoms. The lowest BCUT2D eigenvalue weighted by Crippen LogP contribution is -2.02. The number of imidazole rings is 1. The third kappa shape index (κ3) is 3.33. The third-order valence-electron chi connectivity index (χ3n) is 1.27. The van der Waals surface area contributed by atoms with Crippen molar-refractivity contribution in [3.63, 3.8) is 0 Å². The van der Waals surface area contributed by atoms with E-state index in [1.54, 1.807) is 12.4 Å². The maximum absolute atomic E-state index is 10.8. The molecule has 1 aromatic heterocycles. The second-order valence-corrected chi connectivity index (χ2v) is 2.34. The van der Waals surface area contributed by atoms with Crippen LogP contribution in [0.2, 0.25) is 0 Å². The second kappa shape index (κ2) is 4.20. The van der Waals surface area contributed by atoms with Crippen LogP contribution in [0.4, 0.5) is 0 Å². The molecule has 0 saturated heterocycles. The van der Waals surface area contributed by atoms with Crippen LogP contribution in [0.1, 0.15) is 12.2 Å². The molecule has 0 aliphatic heterocycles. The summed E-state index contributed by atoms with van der Waals surface area (Å²) in [4.78, 5) is 27.5. The molecule has 0 spiro atoms. The largest absolute Gasteiger partial charge is 0.481 e. The molecular weight excluding hydrogens is 172 g/mol. The molecule has 0 radical (unpaired) electrons. The summed E-state index contributed by atoms with van der Waals surface area (Å²) >= 11 is 0. The van der Waals surface area contributed by atoms with Crippen molar-refractivity contribution in [2.45, 2.75) is 6.42 Å². The van der Waals surface area contributed by atoms with Gasteiger partial charge in [0.2, 0.25) is 0 Å². The molecule has 0 aliphatic rings. The smallest absolute Gasteiger partial charge is 0.311 e. The molecule has 1 aromatic rings. The van der Waals surface area contributed by atoms with Crippen molar-refractivity contribution < 1.29 is 14.7 Å². The zero-order chi connectivity index (χ0) is 9.68. The minimum Gasteiger partial charge on any atom is -0.481 e. The number of carboxylic acids is 1. The van der Waals surface area contributed by atoms with E-state index in [1.165, 1.54) is 12.2 Å². The van der Waals surface area contributed by atoms with Gasteiger partial charge in [0, 0.05) is 12.4 Å². The number of hydrogen-bond acceptors (Lipinski definition) is 3. The molecule has 0 fully saturated rings. The fourth-order valence-electron chi connectivity index (χ4n) is 0.748. The number of nitrogens with one attached hydrogen (secondary N) is 1. The highest BCUT2D eigenvalue weighted by molar-refractivity contribution is 6.03. The lowest BCUT2D eigenvalue weighted by molar-refractivity contribution is -0.139. The van der Waals surface area contributed by atoms with Crippen molar-refractivity contribution in [2.24, 2.45) is 0 Å². The molecule has 0 unspecified atom stereocenters. The molecule has 0 amide bonds. The maximum atomic E-state index is 10.8. The number of hydrogen-bond donors (Lipinski definition) is 2. The van der Waals surface area contributed by atoms with Crippen LogP contribution in [-0.2, 0) is 9.59 Å². The standard InChI is InChI=1S/C8H8N2O3/c11-6(5-8(12)13)1-2-7-9-3-4-10-7/h1-4H,5H2,(H,9,10)(H,12,13)/b2-1+. The van der Waals surface area contributed by atoms with Crippen molar-refractivity contribution in [1.29, 1.82) is 0 Å². The van der Waals surface area contributed by atoms with Gasteiger partial charge in [0.05, 0.1) is 0 Å². The predicted molar refractivity (Wildman–Crippen MR) is 44.9 cm³/mol. The first-order chi connectivity index (χ1) is 6.18. The van der Waals surface area contributed by atoms with Crippen LogP contribution in [0, 0.1) is 0 Å². The Labute approximate surface area is 74.1 Å². The van der Waals surface area contributed by atoms with Gasteiger partial charge in [-0.05, 0) is 12.2 Å². The summed E-state index contributed by atoms with van der Waals surface area (Å²) in [5.41, 5.74) is 0. The summed E-state index contributed by atoms with van der Waals surface area (Å²) in [6.07, 6.45) is 5.29. The summed E-state index contributed by atoms with van der Waals surface area (Å²) in [6, 6.07) is 0. The first-order valence-electron chi connectivity index (χ1n) is 3.60. The molecule has 68 valence electrons. The number of nitrogens with zero attached hydrogens (tertiary/aromatic N) is 1. The van der Waals surface area contributed by atoms with Gasteiger partial charge in [-0.3, -0.25) is 9.59 Å². The number of aromatic amines is 1. The van der Waals surface area contributed by atoms with E-state index in [2.05, 4.69) is 9.97 Å². The zero-order valence-corrected chi connectivity index (χ0v) is 6.73. The Morgan fingerprint density at radius 1 is 1.62 bits per heavy atom. The number of carbonyl (C=O) groups is 2. The fraction of sp³-hybridized carbons (Fsp3) is 0.125. The minimum absolute atomic E-state index is 0.455. The fourth-order valence-corrected chi connectivity index (χ4v) is 0.748. The van der Waals surface area contributed by atoms with Gasteiger partial charge in [0.15, 0.2) is 5.78 Å². The van der Waals surface area contributed by atoms with Crippen LogP contribution in [0.15, 0.2) is 18.5 Å². The Kier molecular flexibility index (Phi) is 2.97. The van der Waals surface area contributed by atoms with Gasteiger partial charge >= 0.3 is 5.97 Å². The first-order valence-corrected chi connectivity index (χ1v) is 3.60.